The quantitative estimate of drug-likeness (QED) is 0.0777. The number of hydrogen-bond acceptors (Lipinski definition) is 6. The molecule has 4 aliphatic rings. The van der Waals surface area contributed by atoms with Gasteiger partial charge in [0.2, 0.25) is 0 Å². The van der Waals surface area contributed by atoms with Gasteiger partial charge in [-0.3, -0.25) is 0 Å². The molecule has 2 aliphatic heterocycles. The van der Waals surface area contributed by atoms with Crippen LogP contribution in [-0.4, -0.2) is 50.2 Å². The minimum Gasteiger partial charge on any atom is -0.454 e. The Morgan fingerprint density at radius 1 is 0.696 bits per heavy atom. The SMILES string of the molecule is CC1CCC(Cc2ccc(C=CC(=O)O[C@@H]3CO[C@H]4[C@@H]3OC[C@@H]4OOC/C=C/c3ccc(CC4CCC(C)CC4)cc3)cc2)CC1. The molecule has 0 radical (unpaired) electrons. The van der Waals surface area contributed by atoms with Crippen LogP contribution >= 0.6 is 0 Å². The highest BCUT2D eigenvalue weighted by atomic mass is 17.2. The first kappa shape index (κ1) is 33.1. The van der Waals surface area contributed by atoms with E-state index in [1.54, 1.807) is 6.08 Å². The fourth-order valence-electron chi connectivity index (χ4n) is 7.58. The van der Waals surface area contributed by atoms with Gasteiger partial charge in [0.1, 0.15) is 24.9 Å². The lowest BCUT2D eigenvalue weighted by Gasteiger charge is -2.26. The predicted molar refractivity (Wildman–Crippen MR) is 181 cm³/mol. The van der Waals surface area contributed by atoms with Crippen LogP contribution in [0.25, 0.3) is 12.2 Å². The lowest BCUT2D eigenvalue weighted by molar-refractivity contribution is -0.326. The van der Waals surface area contributed by atoms with E-state index in [4.69, 9.17) is 24.0 Å². The first-order chi connectivity index (χ1) is 22.5. The van der Waals surface area contributed by atoms with E-state index in [-0.39, 0.29) is 24.9 Å². The summed E-state index contributed by atoms with van der Waals surface area (Å²) in [4.78, 5) is 23.7. The van der Waals surface area contributed by atoms with E-state index in [9.17, 15) is 4.79 Å². The van der Waals surface area contributed by atoms with Gasteiger partial charge >= 0.3 is 5.97 Å². The zero-order valence-corrected chi connectivity index (χ0v) is 27.7. The molecule has 2 aliphatic carbocycles. The summed E-state index contributed by atoms with van der Waals surface area (Å²) in [6.45, 7) is 5.66. The van der Waals surface area contributed by atoms with Crippen molar-refractivity contribution in [3.63, 3.8) is 0 Å². The van der Waals surface area contributed by atoms with Gasteiger partial charge < -0.3 is 14.2 Å². The van der Waals surface area contributed by atoms with Crippen LogP contribution in [0, 0.1) is 23.7 Å². The van der Waals surface area contributed by atoms with Crippen LogP contribution in [0.15, 0.2) is 60.7 Å². The van der Waals surface area contributed by atoms with E-state index in [0.29, 0.717) is 13.2 Å². The molecule has 2 saturated carbocycles. The molecule has 0 aromatic heterocycles. The molecule has 46 heavy (non-hydrogen) atoms. The van der Waals surface area contributed by atoms with Crippen LogP contribution in [0.5, 0.6) is 0 Å². The standard InChI is InChI=1S/C40H52O6/c1-28-5-9-32(10-6-28)24-34-17-13-30(14-18-34)4-3-23-44-46-37-27-43-39-36(26-42-40(37)39)45-38(41)22-21-31-15-19-35(20-16-31)25-33-11-7-29(2)8-12-33/h3-4,13-22,28-29,32-33,36-37,39-40H,5-12,23-27H2,1-2H3/b4-3+,22-21?/t28?,29?,32?,33?,36-,37+,39-,40-/m1/s1. The van der Waals surface area contributed by atoms with Crippen molar-refractivity contribution in [1.82, 2.24) is 0 Å². The van der Waals surface area contributed by atoms with Crippen molar-refractivity contribution in [2.45, 2.75) is 102 Å². The maximum absolute atomic E-state index is 12.6. The largest absolute Gasteiger partial charge is 0.454 e. The zero-order chi connectivity index (χ0) is 31.7. The topological polar surface area (TPSA) is 63.2 Å². The summed E-state index contributed by atoms with van der Waals surface area (Å²) in [5, 5.41) is 0. The summed E-state index contributed by atoms with van der Waals surface area (Å²) >= 11 is 0. The molecule has 2 heterocycles. The molecule has 0 bridgehead atoms. The monoisotopic (exact) mass is 628 g/mol. The van der Waals surface area contributed by atoms with Crippen molar-refractivity contribution in [3.8, 4) is 0 Å². The van der Waals surface area contributed by atoms with Gasteiger partial charge in [0, 0.05) is 6.08 Å². The van der Waals surface area contributed by atoms with Gasteiger partial charge in [-0.15, -0.1) is 0 Å². The highest BCUT2D eigenvalue weighted by Gasteiger charge is 2.50. The third-order valence-corrected chi connectivity index (χ3v) is 10.6. The van der Waals surface area contributed by atoms with Crippen molar-refractivity contribution >= 4 is 18.1 Å². The number of rotatable bonds is 12. The molecule has 0 spiro atoms. The molecule has 0 amide bonds. The number of carbonyl (C=O) groups is 1. The van der Waals surface area contributed by atoms with Crippen LogP contribution < -0.4 is 0 Å². The molecule has 248 valence electrons. The van der Waals surface area contributed by atoms with E-state index < -0.39 is 12.1 Å². The van der Waals surface area contributed by atoms with E-state index in [1.165, 1.54) is 75.0 Å². The third-order valence-electron chi connectivity index (χ3n) is 10.6. The van der Waals surface area contributed by atoms with Gasteiger partial charge in [-0.25, -0.2) is 14.6 Å². The van der Waals surface area contributed by atoms with Gasteiger partial charge in [0.05, 0.1) is 13.2 Å². The third kappa shape index (κ3) is 9.41. The molecular weight excluding hydrogens is 576 g/mol. The highest BCUT2D eigenvalue weighted by molar-refractivity contribution is 5.87. The normalized spacial score (nSPS) is 31.4. The molecule has 0 N–H and O–H groups in total. The van der Waals surface area contributed by atoms with Crippen LogP contribution in [0.2, 0.25) is 0 Å². The molecule has 2 saturated heterocycles. The lowest BCUT2D eigenvalue weighted by atomic mass is 9.80. The second-order valence-electron chi connectivity index (χ2n) is 14.4. The smallest absolute Gasteiger partial charge is 0.331 e. The molecule has 0 unspecified atom stereocenters. The summed E-state index contributed by atoms with van der Waals surface area (Å²) in [5.74, 6) is 3.00. The summed E-state index contributed by atoms with van der Waals surface area (Å²) in [5.41, 5.74) is 4.92. The van der Waals surface area contributed by atoms with E-state index in [1.807, 2.05) is 12.2 Å². The Labute approximate surface area is 275 Å². The van der Waals surface area contributed by atoms with Crippen LogP contribution in [-0.2, 0) is 41.6 Å². The Morgan fingerprint density at radius 2 is 1.20 bits per heavy atom. The van der Waals surface area contributed by atoms with Crippen molar-refractivity contribution in [2.75, 3.05) is 19.8 Å². The summed E-state index contributed by atoms with van der Waals surface area (Å²) < 4.78 is 17.5. The second-order valence-corrected chi connectivity index (χ2v) is 14.4. The molecule has 6 heteroatoms. The fraction of sp³-hybridized carbons (Fsp3) is 0.575. The van der Waals surface area contributed by atoms with E-state index >= 15 is 0 Å². The number of esters is 1. The average Bonchev–Trinajstić information content (AvgIpc) is 3.66. The zero-order valence-electron chi connectivity index (χ0n) is 27.7. The first-order valence-electron chi connectivity index (χ1n) is 17.7. The van der Waals surface area contributed by atoms with Crippen molar-refractivity contribution in [3.05, 3.63) is 82.9 Å². The molecule has 6 rings (SSSR count). The average molecular weight is 629 g/mol. The Bertz CT molecular complexity index is 1280. The van der Waals surface area contributed by atoms with E-state index in [0.717, 1.165) is 41.2 Å². The first-order valence-corrected chi connectivity index (χ1v) is 17.7. The Kier molecular flexibility index (Phi) is 11.8. The maximum Gasteiger partial charge on any atom is 0.331 e. The predicted octanol–water partition coefficient (Wildman–Crippen LogP) is 8.18. The maximum atomic E-state index is 12.6. The van der Waals surface area contributed by atoms with Crippen LogP contribution in [0.3, 0.4) is 0 Å². The Hall–Kier alpha value is -2.77. The van der Waals surface area contributed by atoms with Crippen LogP contribution in [0.4, 0.5) is 0 Å². The van der Waals surface area contributed by atoms with Gasteiger partial charge in [-0.1, -0.05) is 100 Å². The molecule has 4 fully saturated rings. The van der Waals surface area contributed by atoms with Gasteiger partial charge in [-0.05, 0) is 90.5 Å². The van der Waals surface area contributed by atoms with Crippen molar-refractivity contribution in [1.29, 1.82) is 0 Å². The number of benzene rings is 2. The van der Waals surface area contributed by atoms with E-state index in [2.05, 4.69) is 62.4 Å². The fourth-order valence-corrected chi connectivity index (χ4v) is 7.58. The number of hydrogen-bond donors (Lipinski definition) is 0. The molecule has 4 atom stereocenters. The second kappa shape index (κ2) is 16.4. The van der Waals surface area contributed by atoms with Gasteiger partial charge in [0.15, 0.2) is 6.10 Å². The Morgan fingerprint density at radius 3 is 1.76 bits per heavy atom. The summed E-state index contributed by atoms with van der Waals surface area (Å²) in [7, 11) is 0. The van der Waals surface area contributed by atoms with Crippen molar-refractivity contribution in [2.24, 2.45) is 23.7 Å². The molecule has 2 aromatic carbocycles. The van der Waals surface area contributed by atoms with Crippen molar-refractivity contribution < 1.29 is 28.8 Å². The minimum absolute atomic E-state index is 0.277. The lowest BCUT2D eigenvalue weighted by Crippen LogP contribution is -2.34. The number of carbonyl (C=O) groups excluding carboxylic acids is 1. The van der Waals surface area contributed by atoms with Gasteiger partial charge in [-0.2, -0.15) is 0 Å². The number of fused-ring (bicyclic) bond motifs is 1. The highest BCUT2D eigenvalue weighted by Crippen LogP contribution is 2.33. The molecule has 6 nitrogen and oxygen atoms in total. The molecule has 2 aromatic rings. The van der Waals surface area contributed by atoms with Gasteiger partial charge in [0.25, 0.3) is 0 Å². The summed E-state index contributed by atoms with van der Waals surface area (Å²) in [6.07, 6.45) is 18.9. The molecular formula is C40H52O6. The Balaban J connectivity index is 0.873. The minimum atomic E-state index is -0.471. The summed E-state index contributed by atoms with van der Waals surface area (Å²) in [6, 6.07) is 17.3. The van der Waals surface area contributed by atoms with Crippen LogP contribution in [0.1, 0.15) is 87.5 Å². The number of ether oxygens (including phenoxy) is 3.